The Morgan fingerprint density at radius 1 is 1.42 bits per heavy atom. The SMILES string of the molecule is O=C(NCC(C1CC1)C1CC1)c1cc(Br)cnc1Cl. The van der Waals surface area contributed by atoms with Crippen molar-refractivity contribution in [1.29, 1.82) is 0 Å². The number of amides is 1. The molecule has 2 aliphatic rings. The van der Waals surface area contributed by atoms with Crippen LogP contribution >= 0.6 is 27.5 Å². The van der Waals surface area contributed by atoms with Crippen LogP contribution in [0.1, 0.15) is 36.0 Å². The Hall–Kier alpha value is -0.610. The number of carbonyl (C=O) groups is 1. The molecule has 5 heteroatoms. The van der Waals surface area contributed by atoms with Gasteiger partial charge >= 0.3 is 0 Å². The Balaban J connectivity index is 1.62. The maximum Gasteiger partial charge on any atom is 0.254 e. The molecule has 0 atom stereocenters. The van der Waals surface area contributed by atoms with Crippen molar-refractivity contribution in [2.45, 2.75) is 25.7 Å². The quantitative estimate of drug-likeness (QED) is 0.829. The summed E-state index contributed by atoms with van der Waals surface area (Å²) in [7, 11) is 0. The molecule has 1 N–H and O–H groups in total. The van der Waals surface area contributed by atoms with E-state index in [2.05, 4.69) is 26.2 Å². The number of pyridine rings is 1. The van der Waals surface area contributed by atoms with Crippen LogP contribution in [0.3, 0.4) is 0 Å². The van der Waals surface area contributed by atoms with Gasteiger partial charge in [-0.05, 0) is 65.4 Å². The largest absolute Gasteiger partial charge is 0.352 e. The van der Waals surface area contributed by atoms with Gasteiger partial charge in [0.2, 0.25) is 0 Å². The summed E-state index contributed by atoms with van der Waals surface area (Å²) in [5.74, 6) is 2.22. The van der Waals surface area contributed by atoms with Crippen molar-refractivity contribution in [2.75, 3.05) is 6.54 Å². The minimum Gasteiger partial charge on any atom is -0.352 e. The number of carbonyl (C=O) groups excluding carboxylic acids is 1. The lowest BCUT2D eigenvalue weighted by Gasteiger charge is -2.16. The van der Waals surface area contributed by atoms with Gasteiger partial charge in [-0.2, -0.15) is 0 Å². The van der Waals surface area contributed by atoms with Crippen molar-refractivity contribution < 1.29 is 4.79 Å². The fraction of sp³-hybridized carbons (Fsp3) is 0.571. The minimum absolute atomic E-state index is 0.120. The van der Waals surface area contributed by atoms with Crippen LogP contribution in [0.2, 0.25) is 5.15 Å². The Bertz CT molecular complexity index is 488. The molecule has 102 valence electrons. The van der Waals surface area contributed by atoms with Crippen LogP contribution in [0.5, 0.6) is 0 Å². The smallest absolute Gasteiger partial charge is 0.254 e. The molecule has 0 aromatic carbocycles. The highest BCUT2D eigenvalue weighted by atomic mass is 79.9. The predicted molar refractivity (Wildman–Crippen MR) is 78.2 cm³/mol. The first-order valence-corrected chi connectivity index (χ1v) is 7.91. The van der Waals surface area contributed by atoms with E-state index < -0.39 is 0 Å². The molecule has 0 saturated heterocycles. The molecule has 3 rings (SSSR count). The zero-order valence-electron chi connectivity index (χ0n) is 10.5. The molecule has 0 unspecified atom stereocenters. The van der Waals surface area contributed by atoms with Crippen molar-refractivity contribution in [3.8, 4) is 0 Å². The van der Waals surface area contributed by atoms with Gasteiger partial charge in [-0.15, -0.1) is 0 Å². The number of hydrogen-bond acceptors (Lipinski definition) is 2. The minimum atomic E-state index is -0.120. The van der Waals surface area contributed by atoms with Gasteiger partial charge in [0.25, 0.3) is 5.91 Å². The van der Waals surface area contributed by atoms with Crippen LogP contribution in [0, 0.1) is 17.8 Å². The predicted octanol–water partition coefficient (Wildman–Crippen LogP) is 3.66. The van der Waals surface area contributed by atoms with Crippen molar-refractivity contribution >= 4 is 33.4 Å². The molecular weight excluding hydrogens is 328 g/mol. The van der Waals surface area contributed by atoms with Gasteiger partial charge < -0.3 is 5.32 Å². The molecule has 0 aliphatic heterocycles. The van der Waals surface area contributed by atoms with E-state index in [1.807, 2.05) is 0 Å². The lowest BCUT2D eigenvalue weighted by atomic mass is 9.98. The maximum absolute atomic E-state index is 12.2. The first-order chi connectivity index (χ1) is 9.15. The third-order valence-electron chi connectivity index (χ3n) is 4.00. The molecule has 0 spiro atoms. The normalized spacial score (nSPS) is 18.7. The van der Waals surface area contributed by atoms with E-state index in [-0.39, 0.29) is 11.1 Å². The van der Waals surface area contributed by atoms with Crippen LogP contribution in [-0.4, -0.2) is 17.4 Å². The number of aromatic nitrogens is 1. The Labute approximate surface area is 126 Å². The second-order valence-corrected chi connectivity index (χ2v) is 6.81. The molecule has 1 aromatic rings. The zero-order valence-corrected chi connectivity index (χ0v) is 12.9. The molecule has 1 aromatic heterocycles. The van der Waals surface area contributed by atoms with Gasteiger partial charge in [0.1, 0.15) is 5.15 Å². The van der Waals surface area contributed by atoms with E-state index in [1.165, 1.54) is 25.7 Å². The lowest BCUT2D eigenvalue weighted by molar-refractivity contribution is 0.0943. The monoisotopic (exact) mass is 342 g/mol. The summed E-state index contributed by atoms with van der Waals surface area (Å²) in [6.07, 6.45) is 6.91. The van der Waals surface area contributed by atoms with Gasteiger partial charge in [-0.3, -0.25) is 4.79 Å². The molecule has 2 aliphatic carbocycles. The second-order valence-electron chi connectivity index (χ2n) is 5.54. The van der Waals surface area contributed by atoms with E-state index in [9.17, 15) is 4.79 Å². The first-order valence-electron chi connectivity index (χ1n) is 6.74. The van der Waals surface area contributed by atoms with Crippen molar-refractivity contribution in [1.82, 2.24) is 10.3 Å². The summed E-state index contributed by atoms with van der Waals surface area (Å²) < 4.78 is 0.767. The highest BCUT2D eigenvalue weighted by molar-refractivity contribution is 9.10. The molecule has 1 amide bonds. The van der Waals surface area contributed by atoms with Crippen LogP contribution in [0.15, 0.2) is 16.7 Å². The molecule has 0 bridgehead atoms. The molecule has 2 fully saturated rings. The second kappa shape index (κ2) is 5.41. The topological polar surface area (TPSA) is 42.0 Å². The summed E-state index contributed by atoms with van der Waals surface area (Å²) >= 11 is 9.27. The van der Waals surface area contributed by atoms with E-state index in [4.69, 9.17) is 11.6 Å². The maximum atomic E-state index is 12.2. The van der Waals surface area contributed by atoms with Crippen molar-refractivity contribution in [3.05, 3.63) is 27.5 Å². The fourth-order valence-electron chi connectivity index (χ4n) is 2.65. The molecule has 2 saturated carbocycles. The summed E-state index contributed by atoms with van der Waals surface area (Å²) in [6, 6.07) is 1.72. The summed E-state index contributed by atoms with van der Waals surface area (Å²) in [5.41, 5.74) is 0.446. The van der Waals surface area contributed by atoms with Crippen LogP contribution in [0.25, 0.3) is 0 Å². The van der Waals surface area contributed by atoms with Gasteiger partial charge in [-0.25, -0.2) is 4.98 Å². The Kier molecular flexibility index (Phi) is 3.81. The summed E-state index contributed by atoms with van der Waals surface area (Å²) in [6.45, 7) is 0.775. The zero-order chi connectivity index (χ0) is 13.4. The van der Waals surface area contributed by atoms with Gasteiger partial charge in [0, 0.05) is 17.2 Å². The summed E-state index contributed by atoms with van der Waals surface area (Å²) in [5, 5.41) is 3.28. The van der Waals surface area contributed by atoms with Crippen LogP contribution < -0.4 is 5.32 Å². The number of nitrogens with zero attached hydrogens (tertiary/aromatic N) is 1. The van der Waals surface area contributed by atoms with Gasteiger partial charge in [0.15, 0.2) is 0 Å². The number of halogens is 2. The highest BCUT2D eigenvalue weighted by Crippen LogP contribution is 2.48. The van der Waals surface area contributed by atoms with Crippen molar-refractivity contribution in [3.63, 3.8) is 0 Å². The van der Waals surface area contributed by atoms with Gasteiger partial charge in [0.05, 0.1) is 5.56 Å². The molecule has 19 heavy (non-hydrogen) atoms. The standard InChI is InChI=1S/C14H16BrClN2O/c15-10-5-11(13(16)17-6-10)14(19)18-7-12(8-1-2-8)9-3-4-9/h5-6,8-9,12H,1-4,7H2,(H,18,19). The number of hydrogen-bond donors (Lipinski definition) is 1. The van der Waals surface area contributed by atoms with Crippen LogP contribution in [-0.2, 0) is 0 Å². The van der Waals surface area contributed by atoms with E-state index >= 15 is 0 Å². The first kappa shape index (κ1) is 13.4. The average Bonchev–Trinajstić information content (AvgIpc) is 3.25. The van der Waals surface area contributed by atoms with E-state index in [1.54, 1.807) is 12.3 Å². The lowest BCUT2D eigenvalue weighted by Crippen LogP contribution is -2.31. The Morgan fingerprint density at radius 3 is 2.63 bits per heavy atom. The third kappa shape index (κ3) is 3.29. The molecule has 1 heterocycles. The highest BCUT2D eigenvalue weighted by Gasteiger charge is 2.41. The van der Waals surface area contributed by atoms with E-state index in [0.29, 0.717) is 11.5 Å². The molecular formula is C14H16BrClN2O. The molecule has 3 nitrogen and oxygen atoms in total. The molecule has 0 radical (unpaired) electrons. The van der Waals surface area contributed by atoms with Crippen molar-refractivity contribution in [2.24, 2.45) is 17.8 Å². The van der Waals surface area contributed by atoms with E-state index in [0.717, 1.165) is 22.9 Å². The Morgan fingerprint density at radius 2 is 2.05 bits per heavy atom. The average molecular weight is 344 g/mol. The third-order valence-corrected chi connectivity index (χ3v) is 4.74. The van der Waals surface area contributed by atoms with Crippen LogP contribution in [0.4, 0.5) is 0 Å². The number of rotatable bonds is 5. The summed E-state index contributed by atoms with van der Waals surface area (Å²) in [4.78, 5) is 16.1. The van der Waals surface area contributed by atoms with Gasteiger partial charge in [-0.1, -0.05) is 11.6 Å². The fourth-order valence-corrected chi connectivity index (χ4v) is 3.18. The number of nitrogens with one attached hydrogen (secondary N) is 1.